The molecule has 1 aromatic heterocycles. The lowest BCUT2D eigenvalue weighted by atomic mass is 10.3. The highest BCUT2D eigenvalue weighted by molar-refractivity contribution is 8.00. The fraction of sp³-hybridized carbons (Fsp3) is 0.421. The van der Waals surface area contributed by atoms with E-state index in [1.54, 1.807) is 30.7 Å². The van der Waals surface area contributed by atoms with E-state index in [-0.39, 0.29) is 11.5 Å². The second kappa shape index (κ2) is 8.84. The van der Waals surface area contributed by atoms with Gasteiger partial charge in [-0.25, -0.2) is 4.98 Å². The van der Waals surface area contributed by atoms with E-state index in [0.29, 0.717) is 34.5 Å². The molecule has 0 saturated carbocycles. The average Bonchev–Trinajstić information content (AvgIpc) is 3.15. The number of methoxy groups -OCH3 is 1. The zero-order valence-corrected chi connectivity index (χ0v) is 17.2. The van der Waals surface area contributed by atoms with Gasteiger partial charge in [-0.1, -0.05) is 18.7 Å². The van der Waals surface area contributed by atoms with Crippen molar-refractivity contribution in [2.75, 3.05) is 19.5 Å². The van der Waals surface area contributed by atoms with Gasteiger partial charge in [0.05, 0.1) is 30.0 Å². The Balaban J connectivity index is 2.07. The molecule has 0 unspecified atom stereocenters. The van der Waals surface area contributed by atoms with Crippen LogP contribution in [0.3, 0.4) is 0 Å². The maximum Gasteiger partial charge on any atom is 0.319 e. The number of fused-ring (bicyclic) bond motifs is 1. The van der Waals surface area contributed by atoms with E-state index >= 15 is 0 Å². The third-order valence-electron chi connectivity index (χ3n) is 4.17. The lowest BCUT2D eigenvalue weighted by Gasteiger charge is -2.17. The van der Waals surface area contributed by atoms with Crippen LogP contribution in [-0.2, 0) is 16.0 Å². The molecule has 6 nitrogen and oxygen atoms in total. The lowest BCUT2D eigenvalue weighted by molar-refractivity contribution is -0.142. The van der Waals surface area contributed by atoms with Gasteiger partial charge < -0.3 is 9.47 Å². The largest absolute Gasteiger partial charge is 0.497 e. The monoisotopic (exact) mass is 406 g/mol. The average molecular weight is 407 g/mol. The van der Waals surface area contributed by atoms with Crippen LogP contribution in [0.25, 0.3) is 5.69 Å². The molecule has 1 atom stereocenters. The third-order valence-corrected chi connectivity index (χ3v) is 6.57. The molecule has 0 aliphatic carbocycles. The Bertz CT molecular complexity index is 881. The minimum Gasteiger partial charge on any atom is -0.497 e. The minimum absolute atomic E-state index is 0.0890. The van der Waals surface area contributed by atoms with Gasteiger partial charge in [0.15, 0.2) is 5.16 Å². The van der Waals surface area contributed by atoms with Crippen LogP contribution < -0.4 is 10.3 Å². The molecule has 0 fully saturated rings. The lowest BCUT2D eigenvalue weighted by Crippen LogP contribution is -2.26. The Labute approximate surface area is 166 Å². The molecule has 1 aliphatic rings. The Morgan fingerprint density at radius 3 is 2.70 bits per heavy atom. The van der Waals surface area contributed by atoms with Gasteiger partial charge in [-0.3, -0.25) is 14.2 Å². The first-order chi connectivity index (χ1) is 13.1. The zero-order chi connectivity index (χ0) is 19.4. The Hall–Kier alpha value is -1.93. The fourth-order valence-corrected chi connectivity index (χ4v) is 4.86. The number of hydrogen-bond acceptors (Lipinski definition) is 7. The second-order valence-electron chi connectivity index (χ2n) is 5.87. The summed E-state index contributed by atoms with van der Waals surface area (Å²) in [6, 6.07) is 7.26. The molecule has 0 spiro atoms. The van der Waals surface area contributed by atoms with Gasteiger partial charge in [-0.15, -0.1) is 11.8 Å². The number of nitrogens with zero attached hydrogens (tertiary/aromatic N) is 2. The van der Waals surface area contributed by atoms with Crippen molar-refractivity contribution in [3.63, 3.8) is 0 Å². The van der Waals surface area contributed by atoms with Crippen molar-refractivity contribution in [1.82, 2.24) is 9.55 Å². The molecule has 0 bridgehead atoms. The molecule has 2 heterocycles. The summed E-state index contributed by atoms with van der Waals surface area (Å²) in [7, 11) is 1.60. The first-order valence-corrected chi connectivity index (χ1v) is 10.7. The molecule has 1 aliphatic heterocycles. The van der Waals surface area contributed by atoms with Gasteiger partial charge in [0, 0.05) is 12.2 Å². The van der Waals surface area contributed by atoms with Gasteiger partial charge in [0.1, 0.15) is 11.0 Å². The van der Waals surface area contributed by atoms with Crippen LogP contribution in [-0.4, -0.2) is 40.2 Å². The number of carbonyl (C=O) groups excluding carboxylic acids is 1. The van der Waals surface area contributed by atoms with Crippen molar-refractivity contribution < 1.29 is 14.3 Å². The molecular weight excluding hydrogens is 384 g/mol. The van der Waals surface area contributed by atoms with E-state index < -0.39 is 5.25 Å². The SMILES string of the molecule is CCOC(=O)[C@@H](CC)Sc1nc2c(c(=O)n1-c1ccc(OC)cc1)SCC2. The summed E-state index contributed by atoms with van der Waals surface area (Å²) in [5, 5.41) is 0.111. The first kappa shape index (κ1) is 19.8. The number of thioether (sulfide) groups is 2. The summed E-state index contributed by atoms with van der Waals surface area (Å²) in [6.45, 7) is 4.04. The van der Waals surface area contributed by atoms with E-state index in [2.05, 4.69) is 0 Å². The molecule has 1 aromatic carbocycles. The maximum absolute atomic E-state index is 13.1. The van der Waals surface area contributed by atoms with Crippen LogP contribution in [0.4, 0.5) is 0 Å². The van der Waals surface area contributed by atoms with Gasteiger partial charge in [-0.2, -0.15) is 0 Å². The Morgan fingerprint density at radius 1 is 1.33 bits per heavy atom. The zero-order valence-electron chi connectivity index (χ0n) is 15.6. The predicted octanol–water partition coefficient (Wildman–Crippen LogP) is 3.32. The van der Waals surface area contributed by atoms with Crippen molar-refractivity contribution >= 4 is 29.5 Å². The van der Waals surface area contributed by atoms with E-state index in [9.17, 15) is 9.59 Å². The number of ether oxygens (including phenoxy) is 2. The van der Waals surface area contributed by atoms with Crippen molar-refractivity contribution in [3.05, 3.63) is 40.3 Å². The fourth-order valence-electron chi connectivity index (χ4n) is 2.79. The smallest absolute Gasteiger partial charge is 0.319 e. The quantitative estimate of drug-likeness (QED) is 0.397. The molecule has 2 aromatic rings. The standard InChI is InChI=1S/C19H22N2O4S2/c1-4-15(18(23)25-5-2)27-19-20-14-10-11-26-16(14)17(22)21(19)12-6-8-13(24-3)9-7-12/h6-9,15H,4-5,10-11H2,1-3H3/t15-/m1/s1. The predicted molar refractivity (Wildman–Crippen MR) is 107 cm³/mol. The number of hydrogen-bond donors (Lipinski definition) is 0. The van der Waals surface area contributed by atoms with E-state index in [4.69, 9.17) is 14.5 Å². The molecule has 0 radical (unpaired) electrons. The third kappa shape index (κ3) is 4.16. The molecule has 0 amide bonds. The second-order valence-corrected chi connectivity index (χ2v) is 8.15. The number of benzene rings is 1. The van der Waals surface area contributed by atoms with Crippen LogP contribution in [0.5, 0.6) is 5.75 Å². The molecule has 0 N–H and O–H groups in total. The molecular formula is C19H22N2O4S2. The number of rotatable bonds is 7. The summed E-state index contributed by atoms with van der Waals surface area (Å²) in [4.78, 5) is 30.8. The molecule has 144 valence electrons. The van der Waals surface area contributed by atoms with Crippen molar-refractivity contribution in [2.45, 2.75) is 42.0 Å². The van der Waals surface area contributed by atoms with Gasteiger partial charge in [0.2, 0.25) is 0 Å². The highest BCUT2D eigenvalue weighted by Gasteiger charge is 2.26. The number of esters is 1. The number of aromatic nitrogens is 2. The van der Waals surface area contributed by atoms with Crippen LogP contribution >= 0.6 is 23.5 Å². The highest BCUT2D eigenvalue weighted by atomic mass is 32.2. The molecule has 3 rings (SSSR count). The summed E-state index contributed by atoms with van der Waals surface area (Å²) in [5.41, 5.74) is 1.43. The normalized spacial score (nSPS) is 13.9. The van der Waals surface area contributed by atoms with Crippen LogP contribution in [0.1, 0.15) is 26.0 Å². The Kier molecular flexibility index (Phi) is 6.49. The highest BCUT2D eigenvalue weighted by Crippen LogP contribution is 2.32. The summed E-state index contributed by atoms with van der Waals surface area (Å²) < 4.78 is 12.0. The van der Waals surface area contributed by atoms with Gasteiger partial charge in [-0.05, 0) is 37.6 Å². The van der Waals surface area contributed by atoms with Crippen LogP contribution in [0, 0.1) is 0 Å². The summed E-state index contributed by atoms with van der Waals surface area (Å²) in [6.07, 6.45) is 1.36. The van der Waals surface area contributed by atoms with Crippen molar-refractivity contribution in [2.24, 2.45) is 0 Å². The van der Waals surface area contributed by atoms with Crippen molar-refractivity contribution in [3.8, 4) is 11.4 Å². The first-order valence-electron chi connectivity index (χ1n) is 8.85. The summed E-state index contributed by atoms with van der Waals surface area (Å²) >= 11 is 2.82. The Morgan fingerprint density at radius 2 is 2.07 bits per heavy atom. The number of carbonyl (C=O) groups is 1. The maximum atomic E-state index is 13.1. The number of aryl methyl sites for hydroxylation is 1. The van der Waals surface area contributed by atoms with Crippen LogP contribution in [0.15, 0.2) is 39.1 Å². The topological polar surface area (TPSA) is 70.4 Å². The van der Waals surface area contributed by atoms with E-state index in [1.807, 2.05) is 19.1 Å². The van der Waals surface area contributed by atoms with E-state index in [1.165, 1.54) is 23.5 Å². The molecule has 27 heavy (non-hydrogen) atoms. The van der Waals surface area contributed by atoms with Gasteiger partial charge >= 0.3 is 5.97 Å². The van der Waals surface area contributed by atoms with E-state index in [0.717, 1.165) is 17.9 Å². The van der Waals surface area contributed by atoms with Gasteiger partial charge in [0.25, 0.3) is 5.56 Å². The summed E-state index contributed by atoms with van der Waals surface area (Å²) in [5.74, 6) is 1.28. The molecule has 0 saturated heterocycles. The molecule has 8 heteroatoms. The van der Waals surface area contributed by atoms with Crippen molar-refractivity contribution in [1.29, 1.82) is 0 Å². The minimum atomic E-state index is -0.409. The van der Waals surface area contributed by atoms with Crippen LogP contribution in [0.2, 0.25) is 0 Å².